The van der Waals surface area contributed by atoms with Crippen LogP contribution in [0.15, 0.2) is 42.7 Å². The van der Waals surface area contributed by atoms with Gasteiger partial charge in [0.1, 0.15) is 11.5 Å². The number of halogens is 3. The lowest BCUT2D eigenvalue weighted by molar-refractivity contribution is -0.141. The topological polar surface area (TPSA) is 78.9 Å². The number of nitrogens with one attached hydrogen (secondary N) is 3. The van der Waals surface area contributed by atoms with Crippen LogP contribution in [0.4, 0.5) is 24.7 Å². The minimum Gasteiger partial charge on any atom is -0.387 e. The molecule has 1 aliphatic rings. The average molecular weight is 427 g/mol. The molecule has 0 aliphatic carbocycles. The smallest absolute Gasteiger partial charge is 0.387 e. The maximum atomic E-state index is 12.6. The summed E-state index contributed by atoms with van der Waals surface area (Å²) in [7, 11) is 1.78. The summed E-state index contributed by atoms with van der Waals surface area (Å²) in [6, 6.07) is 8.07. The summed E-state index contributed by atoms with van der Waals surface area (Å²) in [6.07, 6.45) is -1.51. The summed E-state index contributed by atoms with van der Waals surface area (Å²) in [5, 5.41) is 9.02. The van der Waals surface area contributed by atoms with Crippen molar-refractivity contribution in [1.82, 2.24) is 15.3 Å². The molecule has 6 nitrogen and oxygen atoms in total. The van der Waals surface area contributed by atoms with Gasteiger partial charge in [0.2, 0.25) is 0 Å². The number of fused-ring (bicyclic) bond motifs is 1. The highest BCUT2D eigenvalue weighted by molar-refractivity contribution is 6.05. The van der Waals surface area contributed by atoms with E-state index in [-0.39, 0.29) is 5.91 Å². The number of rotatable bonds is 5. The molecule has 160 valence electrons. The van der Waals surface area contributed by atoms with Gasteiger partial charge in [0.05, 0.1) is 5.56 Å². The Bertz CT molecular complexity index is 1140. The highest BCUT2D eigenvalue weighted by Gasteiger charge is 2.32. The standard InChI is InChI=1S/C22H20F3N5O/c1-12-7-19(28-9-13-3-6-18(27-8-13)22(23,24)25)29-10-15(12)14-4-5-17(26-2)20-16(14)11-30-21(20)31/h3-8,10,26H,9,11H2,1-2H3,(H,28,29)(H,30,31). The number of aromatic nitrogens is 2. The lowest BCUT2D eigenvalue weighted by Gasteiger charge is -2.14. The van der Waals surface area contributed by atoms with Crippen LogP contribution >= 0.6 is 0 Å². The van der Waals surface area contributed by atoms with Crippen LogP contribution in [0.3, 0.4) is 0 Å². The van der Waals surface area contributed by atoms with Crippen LogP contribution in [0, 0.1) is 6.92 Å². The first-order chi connectivity index (χ1) is 14.8. The second kappa shape index (κ2) is 7.90. The number of carbonyl (C=O) groups is 1. The van der Waals surface area contributed by atoms with Gasteiger partial charge in [-0.15, -0.1) is 0 Å². The molecule has 0 radical (unpaired) electrons. The van der Waals surface area contributed by atoms with Gasteiger partial charge in [0.25, 0.3) is 5.91 Å². The molecule has 9 heteroatoms. The number of nitrogens with zero attached hydrogens (tertiary/aromatic N) is 2. The molecule has 0 saturated heterocycles. The fourth-order valence-corrected chi connectivity index (χ4v) is 3.63. The van der Waals surface area contributed by atoms with Crippen molar-refractivity contribution in [3.63, 3.8) is 0 Å². The maximum absolute atomic E-state index is 12.6. The quantitative estimate of drug-likeness (QED) is 0.564. The van der Waals surface area contributed by atoms with Gasteiger partial charge in [0, 0.05) is 43.8 Å². The van der Waals surface area contributed by atoms with E-state index in [1.807, 2.05) is 25.1 Å². The summed E-state index contributed by atoms with van der Waals surface area (Å²) in [4.78, 5) is 20.1. The van der Waals surface area contributed by atoms with Crippen molar-refractivity contribution in [2.75, 3.05) is 17.7 Å². The van der Waals surface area contributed by atoms with Crippen molar-refractivity contribution in [3.05, 3.63) is 70.7 Å². The van der Waals surface area contributed by atoms with E-state index < -0.39 is 11.9 Å². The van der Waals surface area contributed by atoms with Gasteiger partial charge in [-0.05, 0) is 47.4 Å². The van der Waals surface area contributed by atoms with Gasteiger partial charge in [-0.1, -0.05) is 12.1 Å². The van der Waals surface area contributed by atoms with Crippen molar-refractivity contribution in [3.8, 4) is 11.1 Å². The minimum atomic E-state index is -4.45. The number of hydrogen-bond donors (Lipinski definition) is 3. The molecule has 1 aliphatic heterocycles. The number of carbonyl (C=O) groups excluding carboxylic acids is 1. The van der Waals surface area contributed by atoms with Gasteiger partial charge < -0.3 is 16.0 Å². The zero-order valence-corrected chi connectivity index (χ0v) is 16.9. The fraction of sp³-hybridized carbons (Fsp3) is 0.227. The summed E-state index contributed by atoms with van der Waals surface area (Å²) in [6.45, 7) is 2.70. The first-order valence-corrected chi connectivity index (χ1v) is 9.62. The van der Waals surface area contributed by atoms with Crippen molar-refractivity contribution >= 4 is 17.4 Å². The zero-order valence-electron chi connectivity index (χ0n) is 16.9. The third-order valence-electron chi connectivity index (χ3n) is 5.22. The molecule has 1 aromatic carbocycles. The molecule has 0 saturated carbocycles. The van der Waals surface area contributed by atoms with Crippen LogP contribution in [0.1, 0.15) is 32.7 Å². The number of pyridine rings is 2. The van der Waals surface area contributed by atoms with E-state index in [1.54, 1.807) is 13.2 Å². The van der Waals surface area contributed by atoms with Crippen molar-refractivity contribution in [2.45, 2.75) is 26.2 Å². The minimum absolute atomic E-state index is 0.102. The molecule has 0 spiro atoms. The van der Waals surface area contributed by atoms with E-state index in [0.29, 0.717) is 30.0 Å². The summed E-state index contributed by atoms with van der Waals surface area (Å²) >= 11 is 0. The van der Waals surface area contributed by atoms with Crippen LogP contribution < -0.4 is 16.0 Å². The Morgan fingerprint density at radius 3 is 2.55 bits per heavy atom. The molecule has 3 heterocycles. The van der Waals surface area contributed by atoms with E-state index in [0.717, 1.165) is 34.0 Å². The van der Waals surface area contributed by atoms with Crippen molar-refractivity contribution in [2.24, 2.45) is 0 Å². The van der Waals surface area contributed by atoms with Crippen molar-refractivity contribution in [1.29, 1.82) is 0 Å². The Balaban J connectivity index is 1.54. The van der Waals surface area contributed by atoms with Gasteiger partial charge in [0.15, 0.2) is 0 Å². The molecular formula is C22H20F3N5O. The summed E-state index contributed by atoms with van der Waals surface area (Å²) in [5.41, 5.74) is 4.87. The molecule has 0 atom stereocenters. The number of alkyl halides is 3. The van der Waals surface area contributed by atoms with Crippen LogP contribution in [-0.2, 0) is 19.3 Å². The summed E-state index contributed by atoms with van der Waals surface area (Å²) in [5.74, 6) is 0.495. The van der Waals surface area contributed by atoms with Gasteiger partial charge >= 0.3 is 6.18 Å². The summed E-state index contributed by atoms with van der Waals surface area (Å²) < 4.78 is 37.9. The monoisotopic (exact) mass is 427 g/mol. The van der Waals surface area contributed by atoms with Crippen LogP contribution in [0.5, 0.6) is 0 Å². The normalized spacial score (nSPS) is 13.0. The van der Waals surface area contributed by atoms with E-state index in [4.69, 9.17) is 0 Å². The first-order valence-electron chi connectivity index (χ1n) is 9.62. The molecular weight excluding hydrogens is 407 g/mol. The largest absolute Gasteiger partial charge is 0.433 e. The van der Waals surface area contributed by atoms with E-state index in [9.17, 15) is 18.0 Å². The number of anilines is 2. The lowest BCUT2D eigenvalue weighted by Crippen LogP contribution is -2.13. The Labute approximate surface area is 176 Å². The molecule has 31 heavy (non-hydrogen) atoms. The Morgan fingerprint density at radius 1 is 1.10 bits per heavy atom. The number of aryl methyl sites for hydroxylation is 1. The molecule has 2 aromatic heterocycles. The molecule has 0 unspecified atom stereocenters. The number of benzene rings is 1. The SMILES string of the molecule is CNc1ccc(-c2cnc(NCc3ccc(C(F)(F)F)nc3)cc2C)c2c1C(=O)NC2. The third kappa shape index (κ3) is 4.03. The number of amides is 1. The molecule has 3 N–H and O–H groups in total. The highest BCUT2D eigenvalue weighted by atomic mass is 19.4. The molecule has 0 bridgehead atoms. The van der Waals surface area contributed by atoms with E-state index >= 15 is 0 Å². The van der Waals surface area contributed by atoms with Crippen LogP contribution in [-0.4, -0.2) is 22.9 Å². The molecule has 4 rings (SSSR count). The maximum Gasteiger partial charge on any atom is 0.433 e. The third-order valence-corrected chi connectivity index (χ3v) is 5.22. The molecule has 1 amide bonds. The second-order valence-corrected chi connectivity index (χ2v) is 7.23. The fourth-order valence-electron chi connectivity index (χ4n) is 3.63. The van der Waals surface area contributed by atoms with Crippen LogP contribution in [0.25, 0.3) is 11.1 Å². The molecule has 3 aromatic rings. The van der Waals surface area contributed by atoms with Gasteiger partial charge in [-0.2, -0.15) is 13.2 Å². The second-order valence-electron chi connectivity index (χ2n) is 7.23. The highest BCUT2D eigenvalue weighted by Crippen LogP contribution is 2.35. The Hall–Kier alpha value is -3.62. The predicted molar refractivity (Wildman–Crippen MR) is 112 cm³/mol. The van der Waals surface area contributed by atoms with E-state index in [1.165, 1.54) is 12.3 Å². The van der Waals surface area contributed by atoms with Crippen molar-refractivity contribution < 1.29 is 18.0 Å². The first kappa shape index (κ1) is 20.6. The van der Waals surface area contributed by atoms with Gasteiger partial charge in [-0.25, -0.2) is 4.98 Å². The zero-order chi connectivity index (χ0) is 22.2. The Morgan fingerprint density at radius 2 is 1.90 bits per heavy atom. The average Bonchev–Trinajstić information content (AvgIpc) is 3.14. The van der Waals surface area contributed by atoms with Crippen LogP contribution in [0.2, 0.25) is 0 Å². The van der Waals surface area contributed by atoms with E-state index in [2.05, 4.69) is 25.9 Å². The Kier molecular flexibility index (Phi) is 5.26. The molecule has 0 fully saturated rings. The lowest BCUT2D eigenvalue weighted by atomic mass is 9.94. The number of hydrogen-bond acceptors (Lipinski definition) is 5. The van der Waals surface area contributed by atoms with Gasteiger partial charge in [-0.3, -0.25) is 9.78 Å². The predicted octanol–water partition coefficient (Wildman–Crippen LogP) is 4.37.